The van der Waals surface area contributed by atoms with Crippen LogP contribution in [0.3, 0.4) is 0 Å². The van der Waals surface area contributed by atoms with E-state index in [1.807, 2.05) is 30.3 Å². The third kappa shape index (κ3) is 2.88. The lowest BCUT2D eigenvalue weighted by atomic mass is 10.2. The van der Waals surface area contributed by atoms with Crippen molar-refractivity contribution < 1.29 is 9.53 Å². The molecule has 1 fully saturated rings. The second-order valence-corrected chi connectivity index (χ2v) is 3.81. The molecule has 0 radical (unpaired) electrons. The van der Waals surface area contributed by atoms with Crippen molar-refractivity contribution in [1.29, 1.82) is 0 Å². The van der Waals surface area contributed by atoms with Crippen LogP contribution in [-0.4, -0.2) is 25.0 Å². The van der Waals surface area contributed by atoms with Crippen molar-refractivity contribution in [1.82, 2.24) is 5.32 Å². The normalized spacial score (nSPS) is 25.3. The molecule has 1 aliphatic heterocycles. The van der Waals surface area contributed by atoms with Crippen molar-refractivity contribution in [2.75, 3.05) is 6.54 Å². The Morgan fingerprint density at radius 1 is 1.40 bits per heavy atom. The van der Waals surface area contributed by atoms with Gasteiger partial charge in [-0.2, -0.15) is 0 Å². The van der Waals surface area contributed by atoms with Crippen LogP contribution in [0.15, 0.2) is 30.3 Å². The molecule has 0 saturated carbocycles. The molecule has 1 aromatic rings. The summed E-state index contributed by atoms with van der Waals surface area (Å²) in [5.41, 5.74) is 1.17. The summed E-state index contributed by atoms with van der Waals surface area (Å²) in [4.78, 5) is 10.5. The Bertz CT molecular complexity index is 313. The van der Waals surface area contributed by atoms with Gasteiger partial charge in [-0.15, -0.1) is 0 Å². The molecular formula is C12H15NO2. The maximum atomic E-state index is 10.5. The monoisotopic (exact) mass is 205 g/mol. The van der Waals surface area contributed by atoms with E-state index >= 15 is 0 Å². The van der Waals surface area contributed by atoms with E-state index in [2.05, 4.69) is 5.32 Å². The summed E-state index contributed by atoms with van der Waals surface area (Å²) in [6.45, 7) is 1.40. The highest BCUT2D eigenvalue weighted by Crippen LogP contribution is 2.11. The molecule has 0 unspecified atom stereocenters. The molecule has 3 heteroatoms. The van der Waals surface area contributed by atoms with Gasteiger partial charge in [-0.05, 0) is 12.0 Å². The molecule has 80 valence electrons. The van der Waals surface area contributed by atoms with E-state index in [1.165, 1.54) is 5.56 Å². The molecule has 1 saturated heterocycles. The van der Waals surface area contributed by atoms with E-state index in [-0.39, 0.29) is 12.1 Å². The highest BCUT2D eigenvalue weighted by molar-refractivity contribution is 5.58. The molecule has 0 aromatic heterocycles. The van der Waals surface area contributed by atoms with Gasteiger partial charge in [-0.25, -0.2) is 0 Å². The summed E-state index contributed by atoms with van der Waals surface area (Å²) in [6.07, 6.45) is 1.91. The zero-order valence-corrected chi connectivity index (χ0v) is 8.56. The SMILES string of the molecule is O=C[C@H]1C[C@@H](OCc2ccccc2)CN1. The lowest BCUT2D eigenvalue weighted by Gasteiger charge is -2.10. The largest absolute Gasteiger partial charge is 0.372 e. The van der Waals surface area contributed by atoms with E-state index in [0.717, 1.165) is 19.3 Å². The van der Waals surface area contributed by atoms with Gasteiger partial charge in [0.2, 0.25) is 0 Å². The smallest absolute Gasteiger partial charge is 0.136 e. The number of aldehydes is 1. The fourth-order valence-electron chi connectivity index (χ4n) is 1.75. The van der Waals surface area contributed by atoms with Crippen molar-refractivity contribution in [2.45, 2.75) is 25.2 Å². The summed E-state index contributed by atoms with van der Waals surface area (Å²) in [6, 6.07) is 10.0. The van der Waals surface area contributed by atoms with Gasteiger partial charge >= 0.3 is 0 Å². The minimum Gasteiger partial charge on any atom is -0.372 e. The zero-order chi connectivity index (χ0) is 10.5. The van der Waals surface area contributed by atoms with Crippen LogP contribution in [0.25, 0.3) is 0 Å². The average molecular weight is 205 g/mol. The Morgan fingerprint density at radius 3 is 2.87 bits per heavy atom. The number of hydrogen-bond acceptors (Lipinski definition) is 3. The third-order valence-electron chi connectivity index (χ3n) is 2.62. The van der Waals surface area contributed by atoms with Crippen molar-refractivity contribution in [2.24, 2.45) is 0 Å². The first-order chi connectivity index (χ1) is 7.38. The molecule has 2 atom stereocenters. The number of nitrogens with one attached hydrogen (secondary N) is 1. The summed E-state index contributed by atoms with van der Waals surface area (Å²) >= 11 is 0. The van der Waals surface area contributed by atoms with Crippen molar-refractivity contribution in [3.63, 3.8) is 0 Å². The van der Waals surface area contributed by atoms with Gasteiger partial charge in [0.15, 0.2) is 0 Å². The van der Waals surface area contributed by atoms with Crippen molar-refractivity contribution >= 4 is 6.29 Å². The molecule has 3 nitrogen and oxygen atoms in total. The van der Waals surface area contributed by atoms with Gasteiger partial charge in [0.25, 0.3) is 0 Å². The summed E-state index contributed by atoms with van der Waals surface area (Å²) < 4.78 is 5.70. The van der Waals surface area contributed by atoms with Gasteiger partial charge in [0, 0.05) is 6.54 Å². The number of benzene rings is 1. The number of carbonyl (C=O) groups is 1. The topological polar surface area (TPSA) is 38.3 Å². The van der Waals surface area contributed by atoms with Crippen LogP contribution in [-0.2, 0) is 16.1 Å². The summed E-state index contributed by atoms with van der Waals surface area (Å²) in [5.74, 6) is 0. The van der Waals surface area contributed by atoms with Gasteiger partial charge < -0.3 is 14.8 Å². The number of hydrogen-bond donors (Lipinski definition) is 1. The Labute approximate surface area is 89.4 Å². The van der Waals surface area contributed by atoms with E-state index in [4.69, 9.17) is 4.74 Å². The van der Waals surface area contributed by atoms with Crippen LogP contribution in [0.5, 0.6) is 0 Å². The van der Waals surface area contributed by atoms with E-state index in [1.54, 1.807) is 0 Å². The molecule has 1 N–H and O–H groups in total. The van der Waals surface area contributed by atoms with Gasteiger partial charge in [-0.3, -0.25) is 0 Å². The second kappa shape index (κ2) is 5.05. The standard InChI is InChI=1S/C12H15NO2/c14-8-11-6-12(7-13-11)15-9-10-4-2-1-3-5-10/h1-5,8,11-13H,6-7,9H2/t11-,12-/m1/s1. The first-order valence-electron chi connectivity index (χ1n) is 5.22. The number of carbonyl (C=O) groups excluding carboxylic acids is 1. The van der Waals surface area contributed by atoms with Crippen molar-refractivity contribution in [3.05, 3.63) is 35.9 Å². The van der Waals surface area contributed by atoms with Crippen LogP contribution in [0.1, 0.15) is 12.0 Å². The first-order valence-corrected chi connectivity index (χ1v) is 5.22. The highest BCUT2D eigenvalue weighted by Gasteiger charge is 2.23. The van der Waals surface area contributed by atoms with E-state index in [9.17, 15) is 4.79 Å². The van der Waals surface area contributed by atoms with Crippen LogP contribution >= 0.6 is 0 Å². The van der Waals surface area contributed by atoms with Gasteiger partial charge in [0.05, 0.1) is 18.8 Å². The molecule has 1 aliphatic rings. The maximum absolute atomic E-state index is 10.5. The Morgan fingerprint density at radius 2 is 2.20 bits per heavy atom. The first kappa shape index (κ1) is 10.3. The summed E-state index contributed by atoms with van der Waals surface area (Å²) in [5, 5.41) is 3.10. The highest BCUT2D eigenvalue weighted by atomic mass is 16.5. The third-order valence-corrected chi connectivity index (χ3v) is 2.62. The maximum Gasteiger partial charge on any atom is 0.136 e. The molecule has 15 heavy (non-hydrogen) atoms. The van der Waals surface area contributed by atoms with Crippen LogP contribution in [0.4, 0.5) is 0 Å². The quantitative estimate of drug-likeness (QED) is 0.749. The fourth-order valence-corrected chi connectivity index (χ4v) is 1.75. The Hall–Kier alpha value is -1.19. The van der Waals surface area contributed by atoms with Crippen LogP contribution in [0.2, 0.25) is 0 Å². The molecule has 1 aromatic carbocycles. The lowest BCUT2D eigenvalue weighted by Crippen LogP contribution is -2.22. The van der Waals surface area contributed by atoms with Gasteiger partial charge in [-0.1, -0.05) is 30.3 Å². The average Bonchev–Trinajstić information content (AvgIpc) is 2.76. The van der Waals surface area contributed by atoms with E-state index < -0.39 is 0 Å². The van der Waals surface area contributed by atoms with Gasteiger partial charge in [0.1, 0.15) is 6.29 Å². The molecule has 0 amide bonds. The van der Waals surface area contributed by atoms with E-state index in [0.29, 0.717) is 6.61 Å². The lowest BCUT2D eigenvalue weighted by molar-refractivity contribution is -0.109. The minimum atomic E-state index is -0.0224. The second-order valence-electron chi connectivity index (χ2n) is 3.81. The summed E-state index contributed by atoms with van der Waals surface area (Å²) in [7, 11) is 0. The number of ether oxygens (including phenoxy) is 1. The molecule has 0 spiro atoms. The van der Waals surface area contributed by atoms with Crippen LogP contribution < -0.4 is 5.32 Å². The molecule has 1 heterocycles. The number of rotatable bonds is 4. The Balaban J connectivity index is 1.77. The predicted octanol–water partition coefficient (Wildman–Crippen LogP) is 1.13. The predicted molar refractivity (Wildman–Crippen MR) is 57.5 cm³/mol. The molecule has 2 rings (SSSR count). The molecule has 0 aliphatic carbocycles. The van der Waals surface area contributed by atoms with Crippen molar-refractivity contribution in [3.8, 4) is 0 Å². The Kier molecular flexibility index (Phi) is 3.48. The van der Waals surface area contributed by atoms with Crippen LogP contribution in [0, 0.1) is 0 Å². The molecular weight excluding hydrogens is 190 g/mol. The molecule has 0 bridgehead atoms. The zero-order valence-electron chi connectivity index (χ0n) is 8.56. The minimum absolute atomic E-state index is 0.0224. The fraction of sp³-hybridized carbons (Fsp3) is 0.417.